The smallest absolute Gasteiger partial charge is 0.356 e. The summed E-state index contributed by atoms with van der Waals surface area (Å²) in [6, 6.07) is -1.70. The number of carbonyl (C=O) groups excluding carboxylic acids is 4. The molecular formula is C26H32F3N5O4. The molecule has 0 aromatic carbocycles. The van der Waals surface area contributed by atoms with Crippen LogP contribution in [0.15, 0.2) is 0 Å². The molecule has 0 aromatic rings. The van der Waals surface area contributed by atoms with Crippen LogP contribution in [0.5, 0.6) is 0 Å². The van der Waals surface area contributed by atoms with Crippen LogP contribution in [-0.2, 0) is 19.2 Å². The van der Waals surface area contributed by atoms with E-state index in [0.29, 0.717) is 13.0 Å². The minimum atomic E-state index is -5.23. The van der Waals surface area contributed by atoms with Gasteiger partial charge in [0.1, 0.15) is 18.1 Å². The van der Waals surface area contributed by atoms with Gasteiger partial charge in [0, 0.05) is 19.0 Å². The molecule has 0 unspecified atom stereocenters. The van der Waals surface area contributed by atoms with Gasteiger partial charge in [-0.2, -0.15) is 18.4 Å². The lowest BCUT2D eigenvalue weighted by molar-refractivity contribution is -0.176. The molecule has 2 saturated carbocycles. The molecule has 4 aliphatic rings. The minimum Gasteiger partial charge on any atom is -0.356 e. The summed E-state index contributed by atoms with van der Waals surface area (Å²) in [5, 5.41) is 16.8. The van der Waals surface area contributed by atoms with Crippen molar-refractivity contribution in [3.8, 4) is 18.4 Å². The third-order valence-corrected chi connectivity index (χ3v) is 8.85. The monoisotopic (exact) mass is 535 g/mol. The Balaban J connectivity index is 1.61. The molecule has 9 nitrogen and oxygen atoms in total. The number of nitriles is 1. The van der Waals surface area contributed by atoms with E-state index in [4.69, 9.17) is 6.42 Å². The molecule has 2 aliphatic carbocycles. The lowest BCUT2D eigenvalue weighted by atomic mass is 9.78. The van der Waals surface area contributed by atoms with Crippen LogP contribution in [0.3, 0.4) is 0 Å². The minimum absolute atomic E-state index is 0.0116. The number of halogens is 3. The van der Waals surface area contributed by atoms with E-state index in [1.54, 1.807) is 5.32 Å². The summed E-state index contributed by atoms with van der Waals surface area (Å²) in [6.45, 7) is 3.40. The highest BCUT2D eigenvalue weighted by atomic mass is 19.4. The van der Waals surface area contributed by atoms with Crippen molar-refractivity contribution in [3.05, 3.63) is 0 Å². The number of fused-ring (bicyclic) bond motifs is 5. The fraction of sp³-hybridized carbons (Fsp3) is 0.731. The summed E-state index contributed by atoms with van der Waals surface area (Å²) in [7, 11) is 0. The molecule has 3 N–H and O–H groups in total. The molecule has 0 aromatic heterocycles. The van der Waals surface area contributed by atoms with Crippen molar-refractivity contribution in [3.63, 3.8) is 0 Å². The quantitative estimate of drug-likeness (QED) is 0.420. The van der Waals surface area contributed by atoms with E-state index in [-0.39, 0.29) is 42.5 Å². The number of likely N-dealkylation sites (tertiary alicyclic amines) is 1. The average molecular weight is 536 g/mol. The van der Waals surface area contributed by atoms with Crippen molar-refractivity contribution in [1.29, 1.82) is 5.26 Å². The van der Waals surface area contributed by atoms with Gasteiger partial charge >= 0.3 is 12.1 Å². The van der Waals surface area contributed by atoms with Crippen molar-refractivity contribution < 1.29 is 32.3 Å². The average Bonchev–Trinajstić information content (AvgIpc) is 3.63. The third kappa shape index (κ3) is 5.05. The van der Waals surface area contributed by atoms with Crippen LogP contribution in [-0.4, -0.2) is 65.9 Å². The van der Waals surface area contributed by atoms with Gasteiger partial charge < -0.3 is 20.9 Å². The first-order valence-corrected chi connectivity index (χ1v) is 12.9. The lowest BCUT2D eigenvalue weighted by Gasteiger charge is -2.36. The summed E-state index contributed by atoms with van der Waals surface area (Å²) < 4.78 is 39.3. The normalized spacial score (nSPS) is 31.6. The van der Waals surface area contributed by atoms with Crippen molar-refractivity contribution in [2.75, 3.05) is 13.1 Å². The van der Waals surface area contributed by atoms with Gasteiger partial charge in [-0.05, 0) is 69.6 Å². The summed E-state index contributed by atoms with van der Waals surface area (Å²) in [5.74, 6) is -1.80. The first-order valence-electron chi connectivity index (χ1n) is 12.9. The lowest BCUT2D eigenvalue weighted by Crippen LogP contribution is -2.61. The van der Waals surface area contributed by atoms with Gasteiger partial charge in [0.15, 0.2) is 0 Å². The molecule has 38 heavy (non-hydrogen) atoms. The van der Waals surface area contributed by atoms with Gasteiger partial charge in [-0.1, -0.05) is 5.92 Å². The third-order valence-electron chi connectivity index (χ3n) is 8.85. The maximum absolute atomic E-state index is 13.8. The zero-order valence-electron chi connectivity index (χ0n) is 21.3. The molecule has 8 atom stereocenters. The maximum Gasteiger partial charge on any atom is 0.471 e. The van der Waals surface area contributed by atoms with Gasteiger partial charge in [-0.25, -0.2) is 0 Å². The Kier molecular flexibility index (Phi) is 7.39. The molecule has 0 spiro atoms. The molecule has 2 saturated heterocycles. The molecule has 206 valence electrons. The highest BCUT2D eigenvalue weighted by molar-refractivity contribution is 5.95. The topological polar surface area (TPSA) is 131 Å². The van der Waals surface area contributed by atoms with Crippen LogP contribution in [0.2, 0.25) is 0 Å². The number of carbonyl (C=O) groups is 4. The number of nitrogens with one attached hydrogen (secondary N) is 3. The molecular weight excluding hydrogens is 503 g/mol. The Morgan fingerprint density at radius 3 is 2.45 bits per heavy atom. The molecule has 4 amide bonds. The molecule has 4 fully saturated rings. The molecule has 2 aliphatic heterocycles. The van der Waals surface area contributed by atoms with Crippen LogP contribution in [0.4, 0.5) is 13.2 Å². The molecule has 12 heteroatoms. The number of amides is 4. The Morgan fingerprint density at radius 2 is 1.87 bits per heavy atom. The van der Waals surface area contributed by atoms with Crippen LogP contribution >= 0.6 is 0 Å². The number of alkyl halides is 3. The summed E-state index contributed by atoms with van der Waals surface area (Å²) in [5.41, 5.74) is -1.49. The first-order chi connectivity index (χ1) is 17.8. The van der Waals surface area contributed by atoms with Gasteiger partial charge in [-0.15, -0.1) is 6.42 Å². The van der Waals surface area contributed by atoms with Crippen molar-refractivity contribution in [2.24, 2.45) is 35.0 Å². The van der Waals surface area contributed by atoms with Gasteiger partial charge in [0.25, 0.3) is 0 Å². The number of nitrogens with zero attached hydrogens (tertiary/aromatic N) is 2. The fourth-order valence-corrected chi connectivity index (χ4v) is 6.88. The standard InChI is InChI=1S/C26H32F3N5O4/c1-4-25(2,3)20(33-24(38)26(27,28)29)23(37)34-12-17-13-5-6-14(9-13)18(17)19(34)22(36)32-16(11-30)10-15-7-8-31-21(15)35/h1,13-20H,5-10,12H2,2-3H3,(H,31,35)(H,32,36)(H,33,38)/t13-,14+,15+,16+,17-,18+,19+,20-/m1/s1. The van der Waals surface area contributed by atoms with E-state index in [0.717, 1.165) is 19.3 Å². The first kappa shape index (κ1) is 27.7. The van der Waals surface area contributed by atoms with E-state index in [2.05, 4.69) is 16.6 Å². The summed E-state index contributed by atoms with van der Waals surface area (Å²) in [4.78, 5) is 52.6. The maximum atomic E-state index is 13.8. The number of hydrogen-bond donors (Lipinski definition) is 3. The highest BCUT2D eigenvalue weighted by Crippen LogP contribution is 2.57. The van der Waals surface area contributed by atoms with Crippen LogP contribution in [0, 0.1) is 58.7 Å². The molecule has 2 bridgehead atoms. The Morgan fingerprint density at radius 1 is 1.18 bits per heavy atom. The van der Waals surface area contributed by atoms with Gasteiger partial charge in [-0.3, -0.25) is 19.2 Å². The second kappa shape index (κ2) is 10.1. The van der Waals surface area contributed by atoms with Crippen molar-refractivity contribution >= 4 is 23.6 Å². The Labute approximate surface area is 219 Å². The largest absolute Gasteiger partial charge is 0.471 e. The van der Waals surface area contributed by atoms with Crippen molar-refractivity contribution in [1.82, 2.24) is 20.9 Å². The van der Waals surface area contributed by atoms with Gasteiger partial charge in [0.05, 0.1) is 11.5 Å². The van der Waals surface area contributed by atoms with Crippen LogP contribution < -0.4 is 16.0 Å². The Hall–Kier alpha value is -3.28. The SMILES string of the molecule is C#CC(C)(C)[C@H](NC(=O)C(F)(F)F)C(=O)N1C[C@@H]2[C@@H]3CC[C@@H](C3)[C@@H]2[C@H]1C(=O)N[C@H](C#N)C[C@@H]1CCNC1=O. The zero-order valence-corrected chi connectivity index (χ0v) is 21.3. The van der Waals surface area contributed by atoms with Crippen LogP contribution in [0.25, 0.3) is 0 Å². The second-order valence-electron chi connectivity index (χ2n) is 11.5. The molecule has 0 radical (unpaired) electrons. The Bertz CT molecular complexity index is 1090. The number of hydrogen-bond acceptors (Lipinski definition) is 5. The van der Waals surface area contributed by atoms with Crippen molar-refractivity contribution in [2.45, 2.75) is 70.3 Å². The van der Waals surface area contributed by atoms with E-state index >= 15 is 0 Å². The fourth-order valence-electron chi connectivity index (χ4n) is 6.88. The predicted molar refractivity (Wildman–Crippen MR) is 127 cm³/mol. The predicted octanol–water partition coefficient (Wildman–Crippen LogP) is 1.10. The van der Waals surface area contributed by atoms with E-state index in [1.165, 1.54) is 18.7 Å². The highest BCUT2D eigenvalue weighted by Gasteiger charge is 2.60. The molecule has 4 rings (SSSR count). The van der Waals surface area contributed by atoms with E-state index < -0.39 is 53.4 Å². The second-order valence-corrected chi connectivity index (χ2v) is 11.5. The number of terminal acetylenes is 1. The zero-order chi connectivity index (χ0) is 28.0. The molecule has 2 heterocycles. The van der Waals surface area contributed by atoms with E-state index in [9.17, 15) is 37.6 Å². The van der Waals surface area contributed by atoms with E-state index in [1.807, 2.05) is 6.07 Å². The summed E-state index contributed by atoms with van der Waals surface area (Å²) in [6.07, 6.45) is 3.71. The number of rotatable bonds is 7. The summed E-state index contributed by atoms with van der Waals surface area (Å²) >= 11 is 0. The van der Waals surface area contributed by atoms with Gasteiger partial charge in [0.2, 0.25) is 17.7 Å². The van der Waals surface area contributed by atoms with Crippen LogP contribution in [0.1, 0.15) is 46.0 Å².